The van der Waals surface area contributed by atoms with Gasteiger partial charge in [-0.3, -0.25) is 14.4 Å². The molecule has 0 radical (unpaired) electrons. The molecule has 0 atom stereocenters. The summed E-state index contributed by atoms with van der Waals surface area (Å²) in [4.78, 5) is 40.9. The molecule has 1 aromatic carbocycles. The molecule has 2 amide bonds. The van der Waals surface area contributed by atoms with E-state index >= 15 is 0 Å². The Morgan fingerprint density at radius 3 is 2.58 bits per heavy atom. The molecule has 8 heteroatoms. The van der Waals surface area contributed by atoms with Crippen molar-refractivity contribution < 1.29 is 19.1 Å². The summed E-state index contributed by atoms with van der Waals surface area (Å²) in [5.41, 5.74) is 3.41. The van der Waals surface area contributed by atoms with Crippen LogP contribution in [0, 0.1) is 12.8 Å². The minimum atomic E-state index is -0.173. The first kappa shape index (κ1) is 27.9. The van der Waals surface area contributed by atoms with Crippen LogP contribution in [-0.2, 0) is 20.9 Å². The Morgan fingerprint density at radius 2 is 1.87 bits per heavy atom. The van der Waals surface area contributed by atoms with Gasteiger partial charge < -0.3 is 19.5 Å². The molecule has 1 saturated carbocycles. The Morgan fingerprint density at radius 1 is 1.08 bits per heavy atom. The van der Waals surface area contributed by atoms with Gasteiger partial charge in [-0.05, 0) is 74.2 Å². The average molecular weight is 538 g/mol. The van der Waals surface area contributed by atoms with Crippen molar-refractivity contribution in [1.82, 2.24) is 9.88 Å². The Hall–Kier alpha value is -3.13. The van der Waals surface area contributed by atoms with Gasteiger partial charge in [-0.1, -0.05) is 38.3 Å². The number of methoxy groups -OCH3 is 1. The number of benzene rings is 1. The number of esters is 1. The maximum atomic E-state index is 13.8. The molecule has 1 aliphatic carbocycles. The lowest BCUT2D eigenvalue weighted by Gasteiger charge is -2.28. The third-order valence-electron chi connectivity index (χ3n) is 7.50. The minimum absolute atomic E-state index is 0.00264. The van der Waals surface area contributed by atoms with Crippen molar-refractivity contribution in [3.63, 3.8) is 0 Å². The van der Waals surface area contributed by atoms with E-state index in [1.807, 2.05) is 58.2 Å². The molecular weight excluding hydrogens is 498 g/mol. The highest BCUT2D eigenvalue weighted by atomic mass is 32.1. The van der Waals surface area contributed by atoms with Crippen LogP contribution < -0.4 is 10.2 Å². The lowest BCUT2D eigenvalue weighted by molar-refractivity contribution is -0.146. The van der Waals surface area contributed by atoms with Crippen LogP contribution in [0.15, 0.2) is 41.8 Å². The second-order valence-corrected chi connectivity index (χ2v) is 11.2. The van der Waals surface area contributed by atoms with Gasteiger partial charge in [-0.2, -0.15) is 0 Å². The maximum absolute atomic E-state index is 13.8. The zero-order valence-corrected chi connectivity index (χ0v) is 23.5. The van der Waals surface area contributed by atoms with Crippen LogP contribution in [-0.4, -0.2) is 42.0 Å². The smallest absolute Gasteiger partial charge is 0.308 e. The zero-order chi connectivity index (χ0) is 27.1. The van der Waals surface area contributed by atoms with Crippen LogP contribution in [0.2, 0.25) is 0 Å². The van der Waals surface area contributed by atoms with Crippen molar-refractivity contribution in [1.29, 1.82) is 0 Å². The monoisotopic (exact) mass is 537 g/mol. The quantitative estimate of drug-likeness (QED) is 0.237. The van der Waals surface area contributed by atoms with Gasteiger partial charge in [0.2, 0.25) is 5.91 Å². The summed E-state index contributed by atoms with van der Waals surface area (Å²) in [5, 5.41) is 5.15. The number of unbranched alkanes of at least 4 members (excludes halogenated alkanes) is 3. The van der Waals surface area contributed by atoms with E-state index < -0.39 is 0 Å². The number of hydrogen-bond acceptors (Lipinski definition) is 5. The Bertz CT molecular complexity index is 1260. The molecule has 2 heterocycles. The number of thiophene rings is 1. The Balaban J connectivity index is 1.51. The van der Waals surface area contributed by atoms with Crippen LogP contribution in [0.3, 0.4) is 0 Å². The van der Waals surface area contributed by atoms with Crippen LogP contribution in [0.25, 0.3) is 10.2 Å². The summed E-state index contributed by atoms with van der Waals surface area (Å²) < 4.78 is 7.73. The number of fused-ring (bicyclic) bond motifs is 1. The average Bonchev–Trinajstić information content (AvgIpc) is 3.51. The predicted octanol–water partition coefficient (Wildman–Crippen LogP) is 6.09. The van der Waals surface area contributed by atoms with E-state index in [0.29, 0.717) is 25.1 Å². The molecule has 1 aliphatic rings. The van der Waals surface area contributed by atoms with Gasteiger partial charge in [0, 0.05) is 18.3 Å². The lowest BCUT2D eigenvalue weighted by atomic mass is 9.86. The van der Waals surface area contributed by atoms with Crippen molar-refractivity contribution >= 4 is 45.0 Å². The molecule has 0 unspecified atom stereocenters. The third-order valence-corrected chi connectivity index (χ3v) is 8.35. The highest BCUT2D eigenvalue weighted by Crippen LogP contribution is 2.28. The zero-order valence-electron chi connectivity index (χ0n) is 22.7. The van der Waals surface area contributed by atoms with E-state index in [0.717, 1.165) is 60.0 Å². The number of nitrogens with zero attached hydrogens (tertiary/aromatic N) is 2. The molecular formula is C30H39N3O4S. The number of nitrogens with one attached hydrogen (secondary N) is 1. The first-order valence-electron chi connectivity index (χ1n) is 13.7. The number of aryl methyl sites for hydroxylation is 1. The van der Waals surface area contributed by atoms with Crippen LogP contribution >= 0.6 is 11.3 Å². The fourth-order valence-electron chi connectivity index (χ4n) is 5.35. The molecule has 7 nitrogen and oxygen atoms in total. The topological polar surface area (TPSA) is 80.6 Å². The second kappa shape index (κ2) is 13.1. The van der Waals surface area contributed by atoms with Gasteiger partial charge in [0.05, 0.1) is 23.2 Å². The molecule has 204 valence electrons. The highest BCUT2D eigenvalue weighted by molar-refractivity contribution is 7.17. The molecule has 1 N–H and O–H groups in total. The number of aromatic nitrogens is 1. The largest absolute Gasteiger partial charge is 0.469 e. The molecule has 0 bridgehead atoms. The van der Waals surface area contributed by atoms with Crippen molar-refractivity contribution in [3.05, 3.63) is 53.0 Å². The summed E-state index contributed by atoms with van der Waals surface area (Å²) in [6, 6.07) is 11.9. The SMILES string of the molecule is CCCCCCN(C(=O)Cn1c(C(=O)N[C@H]2CC[C@H](C(=O)OC)CC2)cc2sccc21)c1cccc(C)c1. The molecule has 4 rings (SSSR count). The summed E-state index contributed by atoms with van der Waals surface area (Å²) in [7, 11) is 1.42. The molecule has 0 aliphatic heterocycles. The fraction of sp³-hybridized carbons (Fsp3) is 0.500. The van der Waals surface area contributed by atoms with Crippen molar-refractivity contribution in [2.45, 2.75) is 77.8 Å². The summed E-state index contributed by atoms with van der Waals surface area (Å²) >= 11 is 1.57. The van der Waals surface area contributed by atoms with Crippen molar-refractivity contribution in [2.24, 2.45) is 5.92 Å². The maximum Gasteiger partial charge on any atom is 0.308 e. The predicted molar refractivity (Wildman–Crippen MR) is 153 cm³/mol. The van der Waals surface area contributed by atoms with Crippen LogP contribution in [0.5, 0.6) is 0 Å². The van der Waals surface area contributed by atoms with E-state index in [2.05, 4.69) is 12.2 Å². The molecule has 0 spiro atoms. The summed E-state index contributed by atoms with van der Waals surface area (Å²) in [6.45, 7) is 4.96. The minimum Gasteiger partial charge on any atom is -0.469 e. The van der Waals surface area contributed by atoms with E-state index in [-0.39, 0.29) is 36.3 Å². The Kier molecular flexibility index (Phi) is 9.61. The van der Waals surface area contributed by atoms with Crippen molar-refractivity contribution in [2.75, 3.05) is 18.6 Å². The molecule has 2 aromatic heterocycles. The van der Waals surface area contributed by atoms with E-state index in [9.17, 15) is 14.4 Å². The number of hydrogen-bond donors (Lipinski definition) is 1. The van der Waals surface area contributed by atoms with Crippen molar-refractivity contribution in [3.8, 4) is 0 Å². The molecule has 3 aromatic rings. The number of ether oxygens (including phenoxy) is 1. The highest BCUT2D eigenvalue weighted by Gasteiger charge is 2.29. The summed E-state index contributed by atoms with van der Waals surface area (Å²) in [6.07, 6.45) is 7.18. The Labute approximate surface area is 229 Å². The lowest BCUT2D eigenvalue weighted by Crippen LogP contribution is -2.40. The molecule has 1 fully saturated rings. The number of rotatable bonds is 11. The fourth-order valence-corrected chi connectivity index (χ4v) is 6.17. The first-order valence-corrected chi connectivity index (χ1v) is 14.6. The number of carbonyl (C=O) groups is 3. The van der Waals surface area contributed by atoms with Crippen LogP contribution in [0.4, 0.5) is 5.69 Å². The number of amides is 2. The van der Waals surface area contributed by atoms with Gasteiger partial charge in [0.1, 0.15) is 12.2 Å². The molecule has 0 saturated heterocycles. The first-order chi connectivity index (χ1) is 18.4. The summed E-state index contributed by atoms with van der Waals surface area (Å²) in [5.74, 6) is -0.462. The van der Waals surface area contributed by atoms with Gasteiger partial charge in [0.25, 0.3) is 5.91 Å². The number of anilines is 1. The van der Waals surface area contributed by atoms with E-state index in [1.54, 1.807) is 11.3 Å². The second-order valence-electron chi connectivity index (χ2n) is 10.3. The number of carbonyl (C=O) groups excluding carboxylic acids is 3. The van der Waals surface area contributed by atoms with E-state index in [4.69, 9.17) is 4.74 Å². The normalized spacial score (nSPS) is 17.3. The van der Waals surface area contributed by atoms with Gasteiger partial charge in [-0.25, -0.2) is 0 Å². The van der Waals surface area contributed by atoms with Crippen LogP contribution in [0.1, 0.15) is 74.3 Å². The van der Waals surface area contributed by atoms with Gasteiger partial charge >= 0.3 is 5.97 Å². The van der Waals surface area contributed by atoms with E-state index in [1.165, 1.54) is 7.11 Å². The third kappa shape index (κ3) is 6.65. The standard InChI is InChI=1S/C30H39N3O4S/c1-4-5-6-7-16-32(24-10-8-9-21(2)18-24)28(34)20-33-25-15-17-38-27(25)19-26(33)29(35)31-23-13-11-22(12-14-23)30(36)37-3/h8-10,15,17-19,22-23H,4-7,11-14,16,20H2,1-3H3,(H,31,35)/t22-,23-. The molecule has 38 heavy (non-hydrogen) atoms. The van der Waals surface area contributed by atoms with Gasteiger partial charge in [-0.15, -0.1) is 11.3 Å². The van der Waals surface area contributed by atoms with Gasteiger partial charge in [0.15, 0.2) is 0 Å².